The molecule has 23 heavy (non-hydrogen) atoms. The van der Waals surface area contributed by atoms with E-state index in [4.69, 9.17) is 5.26 Å². The van der Waals surface area contributed by atoms with Crippen LogP contribution >= 0.6 is 23.1 Å². The van der Waals surface area contributed by atoms with Crippen molar-refractivity contribution in [1.29, 1.82) is 5.26 Å². The molecule has 0 aliphatic carbocycles. The zero-order valence-electron chi connectivity index (χ0n) is 11.9. The second-order valence-electron chi connectivity index (χ2n) is 4.57. The number of benzene rings is 2. The third kappa shape index (κ3) is 4.06. The number of thioether (sulfide) groups is 1. The van der Waals surface area contributed by atoms with Crippen LogP contribution in [0.3, 0.4) is 0 Å². The number of nitrogens with zero attached hydrogens (tertiary/aromatic N) is 3. The van der Waals surface area contributed by atoms with Crippen molar-refractivity contribution in [3.63, 3.8) is 0 Å². The van der Waals surface area contributed by atoms with E-state index in [1.807, 2.05) is 18.2 Å². The smallest absolute Gasteiger partial charge is 0.210 e. The van der Waals surface area contributed by atoms with Crippen molar-refractivity contribution in [2.45, 2.75) is 10.1 Å². The summed E-state index contributed by atoms with van der Waals surface area (Å²) in [5.74, 6) is 0.348. The van der Waals surface area contributed by atoms with Crippen LogP contribution in [0.4, 0.5) is 15.2 Å². The van der Waals surface area contributed by atoms with E-state index in [-0.39, 0.29) is 5.82 Å². The summed E-state index contributed by atoms with van der Waals surface area (Å²) in [7, 11) is 0. The van der Waals surface area contributed by atoms with Gasteiger partial charge < -0.3 is 5.32 Å². The van der Waals surface area contributed by atoms with Crippen molar-refractivity contribution in [2.24, 2.45) is 0 Å². The molecule has 4 nitrogen and oxygen atoms in total. The van der Waals surface area contributed by atoms with Crippen molar-refractivity contribution in [3.8, 4) is 6.07 Å². The van der Waals surface area contributed by atoms with Crippen molar-refractivity contribution in [3.05, 3.63) is 65.5 Å². The number of hydrogen-bond donors (Lipinski definition) is 1. The number of halogens is 1. The molecule has 0 bridgehead atoms. The molecule has 0 unspecified atom stereocenters. The Morgan fingerprint density at radius 3 is 2.87 bits per heavy atom. The third-order valence-corrected chi connectivity index (χ3v) is 4.99. The van der Waals surface area contributed by atoms with Gasteiger partial charge in [-0.15, -0.1) is 10.2 Å². The van der Waals surface area contributed by atoms with Crippen molar-refractivity contribution >= 4 is 33.9 Å². The standard InChI is InChI=1S/C16H11FN4S2/c17-13-6-3-7-14(8-13)19-15-20-21-16(23-15)22-10-12-5-2-1-4-11(12)9-18/h1-8H,10H2,(H,19,20). The van der Waals surface area contributed by atoms with Gasteiger partial charge in [0, 0.05) is 11.4 Å². The average molecular weight is 342 g/mol. The summed E-state index contributed by atoms with van der Waals surface area (Å²) >= 11 is 2.91. The first kappa shape index (κ1) is 15.5. The number of nitrogens with one attached hydrogen (secondary N) is 1. The van der Waals surface area contributed by atoms with E-state index in [1.165, 1.54) is 35.2 Å². The zero-order valence-corrected chi connectivity index (χ0v) is 13.5. The van der Waals surface area contributed by atoms with E-state index < -0.39 is 0 Å². The number of rotatable bonds is 5. The summed E-state index contributed by atoms with van der Waals surface area (Å²) in [5.41, 5.74) is 2.27. The van der Waals surface area contributed by atoms with E-state index in [0.717, 1.165) is 9.90 Å². The van der Waals surface area contributed by atoms with Crippen LogP contribution < -0.4 is 5.32 Å². The molecular weight excluding hydrogens is 331 g/mol. The number of aromatic nitrogens is 2. The Hall–Kier alpha value is -2.43. The lowest BCUT2D eigenvalue weighted by Gasteiger charge is -2.01. The van der Waals surface area contributed by atoms with Gasteiger partial charge in [-0.1, -0.05) is 47.4 Å². The Morgan fingerprint density at radius 1 is 1.17 bits per heavy atom. The lowest BCUT2D eigenvalue weighted by Crippen LogP contribution is -1.89. The summed E-state index contributed by atoms with van der Waals surface area (Å²) in [6.07, 6.45) is 0. The normalized spacial score (nSPS) is 10.3. The Bertz CT molecular complexity index is 857. The van der Waals surface area contributed by atoms with Crippen LogP contribution in [0, 0.1) is 17.1 Å². The molecule has 0 aliphatic rings. The molecule has 1 aromatic heterocycles. The van der Waals surface area contributed by atoms with Crippen LogP contribution in [0.2, 0.25) is 0 Å². The fourth-order valence-corrected chi connectivity index (χ4v) is 3.68. The van der Waals surface area contributed by atoms with Gasteiger partial charge in [0.2, 0.25) is 5.13 Å². The molecule has 3 rings (SSSR count). The molecule has 1 N–H and O–H groups in total. The van der Waals surface area contributed by atoms with Gasteiger partial charge in [-0.25, -0.2) is 4.39 Å². The second kappa shape index (κ2) is 7.22. The van der Waals surface area contributed by atoms with Crippen LogP contribution in [-0.2, 0) is 5.75 Å². The highest BCUT2D eigenvalue weighted by Gasteiger charge is 2.08. The molecule has 1 heterocycles. The number of anilines is 2. The molecule has 114 valence electrons. The van der Waals surface area contributed by atoms with Crippen molar-refractivity contribution in [1.82, 2.24) is 10.2 Å². The van der Waals surface area contributed by atoms with E-state index in [2.05, 4.69) is 21.6 Å². The van der Waals surface area contributed by atoms with E-state index in [1.54, 1.807) is 18.2 Å². The number of nitriles is 1. The fourth-order valence-electron chi connectivity index (χ4n) is 1.90. The molecule has 0 amide bonds. The summed E-state index contributed by atoms with van der Waals surface area (Å²) in [4.78, 5) is 0. The van der Waals surface area contributed by atoms with Crippen molar-refractivity contribution in [2.75, 3.05) is 5.32 Å². The van der Waals surface area contributed by atoms with Crippen molar-refractivity contribution < 1.29 is 4.39 Å². The largest absolute Gasteiger partial charge is 0.330 e. The van der Waals surface area contributed by atoms with Crippen LogP contribution in [0.1, 0.15) is 11.1 Å². The minimum atomic E-state index is -0.303. The predicted molar refractivity (Wildman–Crippen MR) is 90.3 cm³/mol. The van der Waals surface area contributed by atoms with Gasteiger partial charge in [-0.2, -0.15) is 5.26 Å². The zero-order chi connectivity index (χ0) is 16.1. The highest BCUT2D eigenvalue weighted by atomic mass is 32.2. The number of hydrogen-bond acceptors (Lipinski definition) is 6. The van der Waals surface area contributed by atoms with Gasteiger partial charge in [0.1, 0.15) is 5.82 Å². The maximum Gasteiger partial charge on any atom is 0.210 e. The van der Waals surface area contributed by atoms with Gasteiger partial charge in [-0.3, -0.25) is 0 Å². The van der Waals surface area contributed by atoms with Crippen LogP contribution in [0.15, 0.2) is 52.9 Å². The molecule has 0 atom stereocenters. The van der Waals surface area contributed by atoms with Crippen LogP contribution in [0.25, 0.3) is 0 Å². The van der Waals surface area contributed by atoms with E-state index >= 15 is 0 Å². The first-order valence-electron chi connectivity index (χ1n) is 6.71. The maximum absolute atomic E-state index is 13.2. The first-order valence-corrected chi connectivity index (χ1v) is 8.52. The van der Waals surface area contributed by atoms with Gasteiger partial charge in [-0.05, 0) is 29.8 Å². The monoisotopic (exact) mass is 342 g/mol. The topological polar surface area (TPSA) is 61.6 Å². The predicted octanol–water partition coefficient (Wildman–Crippen LogP) is 4.58. The van der Waals surface area contributed by atoms with Gasteiger partial charge in [0.25, 0.3) is 0 Å². The molecule has 2 aromatic carbocycles. The molecule has 0 fully saturated rings. The molecular formula is C16H11FN4S2. The Morgan fingerprint density at radius 2 is 2.04 bits per heavy atom. The second-order valence-corrected chi connectivity index (χ2v) is 6.77. The Balaban J connectivity index is 1.65. The SMILES string of the molecule is N#Cc1ccccc1CSc1nnc(Nc2cccc(F)c2)s1. The molecule has 3 aromatic rings. The van der Waals surface area contributed by atoms with Crippen LogP contribution in [-0.4, -0.2) is 10.2 Å². The first-order chi connectivity index (χ1) is 11.2. The van der Waals surface area contributed by atoms with E-state index in [9.17, 15) is 4.39 Å². The van der Waals surface area contributed by atoms with Crippen LogP contribution in [0.5, 0.6) is 0 Å². The third-order valence-electron chi connectivity index (χ3n) is 2.97. The molecule has 0 radical (unpaired) electrons. The minimum Gasteiger partial charge on any atom is -0.330 e. The Labute approximate surface area is 141 Å². The van der Waals surface area contributed by atoms with Gasteiger partial charge in [0.15, 0.2) is 4.34 Å². The summed E-state index contributed by atoms with van der Waals surface area (Å²) in [6, 6.07) is 15.8. The highest BCUT2D eigenvalue weighted by molar-refractivity contribution is 8.00. The highest BCUT2D eigenvalue weighted by Crippen LogP contribution is 2.30. The summed E-state index contributed by atoms with van der Waals surface area (Å²) in [5, 5.41) is 20.9. The molecule has 0 saturated heterocycles. The van der Waals surface area contributed by atoms with E-state index in [0.29, 0.717) is 22.1 Å². The average Bonchev–Trinajstić information content (AvgIpc) is 3.00. The quantitative estimate of drug-likeness (QED) is 0.687. The Kier molecular flexibility index (Phi) is 4.86. The summed E-state index contributed by atoms with van der Waals surface area (Å²) in [6.45, 7) is 0. The maximum atomic E-state index is 13.2. The van der Waals surface area contributed by atoms with Gasteiger partial charge >= 0.3 is 0 Å². The molecule has 0 spiro atoms. The fraction of sp³-hybridized carbons (Fsp3) is 0.0625. The molecule has 0 saturated carbocycles. The summed E-state index contributed by atoms with van der Waals surface area (Å²) < 4.78 is 13.9. The van der Waals surface area contributed by atoms with Gasteiger partial charge in [0.05, 0.1) is 11.6 Å². The lowest BCUT2D eigenvalue weighted by atomic mass is 10.1. The molecule has 7 heteroatoms. The lowest BCUT2D eigenvalue weighted by molar-refractivity contribution is 0.628. The molecule has 0 aliphatic heterocycles. The minimum absolute atomic E-state index is 0.303.